The molecular weight excluding hydrogens is 364 g/mol. The van der Waals surface area contributed by atoms with Gasteiger partial charge in [0.2, 0.25) is 5.91 Å². The summed E-state index contributed by atoms with van der Waals surface area (Å²) in [6.45, 7) is 11.4. The summed E-state index contributed by atoms with van der Waals surface area (Å²) in [5, 5.41) is 6.52. The summed E-state index contributed by atoms with van der Waals surface area (Å²) in [6.07, 6.45) is 2.92. The lowest BCUT2D eigenvalue weighted by Crippen LogP contribution is -2.34. The number of benzene rings is 1. The fraction of sp³-hybridized carbons (Fsp3) is 0.667. The van der Waals surface area contributed by atoms with Crippen LogP contribution in [0.15, 0.2) is 18.2 Å². The van der Waals surface area contributed by atoms with E-state index in [1.165, 1.54) is 12.8 Å². The Bertz CT molecular complexity index is 577. The van der Waals surface area contributed by atoms with Crippen molar-refractivity contribution < 1.29 is 14.3 Å². The molecule has 0 saturated carbocycles. The Morgan fingerprint density at radius 2 is 1.78 bits per heavy atom. The Labute approximate surface area is 170 Å². The molecule has 1 aromatic rings. The van der Waals surface area contributed by atoms with Gasteiger partial charge in [0.15, 0.2) is 11.5 Å². The van der Waals surface area contributed by atoms with E-state index < -0.39 is 0 Å². The second kappa shape index (κ2) is 12.1. The quantitative estimate of drug-likeness (QED) is 0.657. The van der Waals surface area contributed by atoms with E-state index in [4.69, 9.17) is 9.47 Å². The van der Waals surface area contributed by atoms with E-state index in [1.54, 1.807) is 0 Å². The van der Waals surface area contributed by atoms with E-state index in [0.29, 0.717) is 31.5 Å². The Kier molecular flexibility index (Phi) is 10.6. The average molecular weight is 399 g/mol. The number of hydrogen-bond acceptors (Lipinski definition) is 4. The van der Waals surface area contributed by atoms with Crippen LogP contribution in [0.25, 0.3) is 0 Å². The summed E-state index contributed by atoms with van der Waals surface area (Å²) in [4.78, 5) is 12.5. The summed E-state index contributed by atoms with van der Waals surface area (Å²) in [6, 6.07) is 5.83. The number of nitrogens with one attached hydrogen (secondary N) is 2. The predicted molar refractivity (Wildman–Crippen MR) is 112 cm³/mol. The van der Waals surface area contributed by atoms with Crippen molar-refractivity contribution in [1.82, 2.24) is 10.6 Å². The molecule has 0 aromatic heterocycles. The number of piperidine rings is 1. The number of rotatable bonds is 9. The number of hydrogen-bond donors (Lipinski definition) is 2. The number of amides is 1. The molecule has 6 heteroatoms. The molecule has 1 fully saturated rings. The van der Waals surface area contributed by atoms with Crippen molar-refractivity contribution in [3.05, 3.63) is 23.8 Å². The highest BCUT2D eigenvalue weighted by molar-refractivity contribution is 5.85. The minimum Gasteiger partial charge on any atom is -0.490 e. The maximum absolute atomic E-state index is 12.5. The van der Waals surface area contributed by atoms with Gasteiger partial charge >= 0.3 is 0 Å². The minimum absolute atomic E-state index is 0. The van der Waals surface area contributed by atoms with Crippen LogP contribution < -0.4 is 20.1 Å². The summed E-state index contributed by atoms with van der Waals surface area (Å²) in [5.41, 5.74) is 1.03. The third-order valence-electron chi connectivity index (χ3n) is 5.14. The molecule has 1 aliphatic rings. The molecule has 1 aromatic carbocycles. The molecule has 0 spiro atoms. The maximum atomic E-state index is 12.5. The fourth-order valence-corrected chi connectivity index (χ4v) is 3.59. The van der Waals surface area contributed by atoms with Gasteiger partial charge in [-0.1, -0.05) is 13.0 Å². The van der Waals surface area contributed by atoms with Gasteiger partial charge < -0.3 is 20.1 Å². The van der Waals surface area contributed by atoms with Gasteiger partial charge in [0, 0.05) is 6.42 Å². The third-order valence-corrected chi connectivity index (χ3v) is 5.14. The zero-order chi connectivity index (χ0) is 18.9. The lowest BCUT2D eigenvalue weighted by Gasteiger charge is -2.28. The van der Waals surface area contributed by atoms with E-state index in [0.717, 1.165) is 30.2 Å². The van der Waals surface area contributed by atoms with Crippen LogP contribution in [0.3, 0.4) is 0 Å². The molecule has 0 bridgehead atoms. The van der Waals surface area contributed by atoms with Gasteiger partial charge in [0.1, 0.15) is 0 Å². The molecule has 1 heterocycles. The van der Waals surface area contributed by atoms with E-state index in [2.05, 4.69) is 17.6 Å². The van der Waals surface area contributed by atoms with Crippen LogP contribution in [-0.4, -0.2) is 32.2 Å². The molecule has 0 radical (unpaired) electrons. The van der Waals surface area contributed by atoms with Gasteiger partial charge in [0.05, 0.1) is 19.3 Å². The fourth-order valence-electron chi connectivity index (χ4n) is 3.59. The van der Waals surface area contributed by atoms with Crippen molar-refractivity contribution in [3.63, 3.8) is 0 Å². The highest BCUT2D eigenvalue weighted by Crippen LogP contribution is 2.31. The first-order valence-electron chi connectivity index (χ1n) is 9.94. The van der Waals surface area contributed by atoms with Crippen molar-refractivity contribution >= 4 is 18.3 Å². The van der Waals surface area contributed by atoms with Gasteiger partial charge in [-0.3, -0.25) is 4.79 Å². The average Bonchev–Trinajstić information content (AvgIpc) is 2.64. The summed E-state index contributed by atoms with van der Waals surface area (Å²) >= 11 is 0. The molecule has 27 heavy (non-hydrogen) atoms. The van der Waals surface area contributed by atoms with Crippen molar-refractivity contribution in [2.45, 2.75) is 53.0 Å². The molecule has 2 N–H and O–H groups in total. The van der Waals surface area contributed by atoms with Crippen LogP contribution in [0.1, 0.15) is 58.6 Å². The zero-order valence-corrected chi connectivity index (χ0v) is 17.9. The normalized spacial score (nSPS) is 16.7. The summed E-state index contributed by atoms with van der Waals surface area (Å²) in [7, 11) is 0. The monoisotopic (exact) mass is 398 g/mol. The first-order valence-corrected chi connectivity index (χ1v) is 9.94. The van der Waals surface area contributed by atoms with Gasteiger partial charge in [-0.2, -0.15) is 0 Å². The Morgan fingerprint density at radius 3 is 2.41 bits per heavy atom. The standard InChI is InChI=1S/C21H34N2O3.ClH/c1-5-25-19-8-7-18(14-20(19)26-6-2)16(4)23-21(24)13-15(3)17-9-11-22-12-10-17;/h7-8,14-17,22H,5-6,9-13H2,1-4H3,(H,23,24);1H. The van der Waals surface area contributed by atoms with Crippen LogP contribution in [0.5, 0.6) is 11.5 Å². The van der Waals surface area contributed by atoms with Gasteiger partial charge in [-0.05, 0) is 76.2 Å². The van der Waals surface area contributed by atoms with Gasteiger partial charge in [-0.15, -0.1) is 12.4 Å². The van der Waals surface area contributed by atoms with Crippen LogP contribution in [0, 0.1) is 11.8 Å². The first kappa shape index (κ1) is 23.6. The predicted octanol–water partition coefficient (Wildman–Crippen LogP) is 4.11. The summed E-state index contributed by atoms with van der Waals surface area (Å²) < 4.78 is 11.3. The Hall–Kier alpha value is -1.46. The van der Waals surface area contributed by atoms with Crippen LogP contribution in [0.2, 0.25) is 0 Å². The highest BCUT2D eigenvalue weighted by Gasteiger charge is 2.23. The van der Waals surface area contributed by atoms with Crippen LogP contribution >= 0.6 is 12.4 Å². The largest absolute Gasteiger partial charge is 0.490 e. The molecule has 1 saturated heterocycles. The maximum Gasteiger partial charge on any atom is 0.220 e. The second-order valence-corrected chi connectivity index (χ2v) is 7.13. The van der Waals surface area contributed by atoms with E-state index in [-0.39, 0.29) is 24.4 Å². The lowest BCUT2D eigenvalue weighted by molar-refractivity contribution is -0.123. The minimum atomic E-state index is -0.0578. The molecule has 2 rings (SSSR count). The Morgan fingerprint density at radius 1 is 1.15 bits per heavy atom. The van der Waals surface area contributed by atoms with Crippen molar-refractivity contribution in [1.29, 1.82) is 0 Å². The van der Waals surface area contributed by atoms with Crippen LogP contribution in [-0.2, 0) is 4.79 Å². The number of halogens is 1. The molecule has 1 aliphatic heterocycles. The van der Waals surface area contributed by atoms with E-state index in [9.17, 15) is 4.79 Å². The number of carbonyl (C=O) groups excluding carboxylic acids is 1. The van der Waals surface area contributed by atoms with Crippen molar-refractivity contribution in [3.8, 4) is 11.5 Å². The number of carbonyl (C=O) groups is 1. The second-order valence-electron chi connectivity index (χ2n) is 7.13. The highest BCUT2D eigenvalue weighted by atomic mass is 35.5. The molecule has 2 unspecified atom stereocenters. The topological polar surface area (TPSA) is 59.6 Å². The van der Waals surface area contributed by atoms with E-state index >= 15 is 0 Å². The molecule has 154 valence electrons. The molecule has 5 nitrogen and oxygen atoms in total. The smallest absolute Gasteiger partial charge is 0.220 e. The third kappa shape index (κ3) is 7.23. The Balaban J connectivity index is 0.00000364. The van der Waals surface area contributed by atoms with Crippen molar-refractivity contribution in [2.75, 3.05) is 26.3 Å². The SMILES string of the molecule is CCOc1ccc(C(C)NC(=O)CC(C)C2CCNCC2)cc1OCC.Cl. The molecule has 1 amide bonds. The lowest BCUT2D eigenvalue weighted by atomic mass is 9.84. The van der Waals surface area contributed by atoms with Crippen molar-refractivity contribution in [2.24, 2.45) is 11.8 Å². The number of ether oxygens (including phenoxy) is 2. The molecule has 0 aliphatic carbocycles. The van der Waals surface area contributed by atoms with E-state index in [1.807, 2.05) is 39.0 Å². The molecular formula is C21H35ClN2O3. The van der Waals surface area contributed by atoms with Crippen LogP contribution in [0.4, 0.5) is 0 Å². The van der Waals surface area contributed by atoms with Gasteiger partial charge in [0.25, 0.3) is 0 Å². The zero-order valence-electron chi connectivity index (χ0n) is 17.0. The summed E-state index contributed by atoms with van der Waals surface area (Å²) in [5.74, 6) is 2.67. The first-order chi connectivity index (χ1) is 12.5. The van der Waals surface area contributed by atoms with Gasteiger partial charge in [-0.25, -0.2) is 0 Å². The molecule has 2 atom stereocenters.